The summed E-state index contributed by atoms with van der Waals surface area (Å²) in [5.41, 5.74) is -0.811. The Morgan fingerprint density at radius 3 is 2.74 bits per heavy atom. The van der Waals surface area contributed by atoms with Gasteiger partial charge in [0.15, 0.2) is 11.6 Å². The molecule has 0 radical (unpaired) electrons. The first-order chi connectivity index (χ1) is 10.9. The van der Waals surface area contributed by atoms with Crippen LogP contribution in [0, 0.1) is 11.6 Å². The third kappa shape index (κ3) is 5.35. The second-order valence-corrected chi connectivity index (χ2v) is 6.05. The quantitative estimate of drug-likeness (QED) is 0.751. The number of ether oxygens (including phenoxy) is 1. The van der Waals surface area contributed by atoms with Gasteiger partial charge in [-0.15, -0.1) is 0 Å². The standard InChI is InChI=1S/C16H22F2N2O3/c1-11(9-23-14-5-4-12(17)8-13(14)18)20-15(21)19-10-16(22)6-2-3-7-16/h4-5,8,11,22H,2-3,6-7,9-10H2,1H3,(H2,19,20,21). The van der Waals surface area contributed by atoms with Crippen LogP contribution in [0.3, 0.4) is 0 Å². The SMILES string of the molecule is CC(COc1ccc(F)cc1F)NC(=O)NCC1(O)CCCC1. The molecule has 0 bridgehead atoms. The molecular formula is C16H22F2N2O3. The van der Waals surface area contributed by atoms with E-state index in [1.807, 2.05) is 0 Å². The zero-order valence-electron chi connectivity index (χ0n) is 13.1. The van der Waals surface area contributed by atoms with E-state index in [0.717, 1.165) is 25.0 Å². The average molecular weight is 328 g/mol. The number of hydrogen-bond donors (Lipinski definition) is 3. The van der Waals surface area contributed by atoms with Gasteiger partial charge in [-0.05, 0) is 31.9 Å². The summed E-state index contributed by atoms with van der Waals surface area (Å²) in [4.78, 5) is 11.8. The normalized spacial score (nSPS) is 17.6. The third-order valence-electron chi connectivity index (χ3n) is 3.87. The maximum Gasteiger partial charge on any atom is 0.315 e. The highest BCUT2D eigenvalue weighted by Crippen LogP contribution is 2.28. The van der Waals surface area contributed by atoms with E-state index in [-0.39, 0.29) is 24.9 Å². The number of carbonyl (C=O) groups is 1. The van der Waals surface area contributed by atoms with Gasteiger partial charge in [-0.2, -0.15) is 0 Å². The van der Waals surface area contributed by atoms with E-state index in [2.05, 4.69) is 10.6 Å². The number of hydrogen-bond acceptors (Lipinski definition) is 3. The monoisotopic (exact) mass is 328 g/mol. The highest BCUT2D eigenvalue weighted by molar-refractivity contribution is 5.74. The van der Waals surface area contributed by atoms with E-state index < -0.39 is 23.3 Å². The fraction of sp³-hybridized carbons (Fsp3) is 0.562. The molecule has 1 aliphatic rings. The van der Waals surface area contributed by atoms with Gasteiger partial charge in [0.05, 0.1) is 11.6 Å². The van der Waals surface area contributed by atoms with Crippen molar-refractivity contribution in [3.05, 3.63) is 29.8 Å². The van der Waals surface area contributed by atoms with E-state index >= 15 is 0 Å². The Labute approximate surface area is 134 Å². The van der Waals surface area contributed by atoms with Crippen LogP contribution in [-0.2, 0) is 0 Å². The Hall–Kier alpha value is -1.89. The van der Waals surface area contributed by atoms with E-state index in [0.29, 0.717) is 12.8 Å². The Morgan fingerprint density at radius 2 is 2.09 bits per heavy atom. The van der Waals surface area contributed by atoms with Crippen LogP contribution in [0.2, 0.25) is 0 Å². The molecule has 1 fully saturated rings. The minimum absolute atomic E-state index is 0.0419. The molecule has 1 aromatic rings. The molecular weight excluding hydrogens is 306 g/mol. The van der Waals surface area contributed by atoms with Crippen LogP contribution in [-0.4, -0.2) is 35.9 Å². The van der Waals surface area contributed by atoms with Crippen molar-refractivity contribution >= 4 is 6.03 Å². The number of benzene rings is 1. The lowest BCUT2D eigenvalue weighted by molar-refractivity contribution is 0.0499. The molecule has 7 heteroatoms. The summed E-state index contributed by atoms with van der Waals surface area (Å²) in [7, 11) is 0. The molecule has 1 atom stereocenters. The number of amides is 2. The highest BCUT2D eigenvalue weighted by atomic mass is 19.1. The summed E-state index contributed by atoms with van der Waals surface area (Å²) in [6, 6.07) is 2.25. The molecule has 2 rings (SSSR count). The Morgan fingerprint density at radius 1 is 1.39 bits per heavy atom. The van der Waals surface area contributed by atoms with Crippen LogP contribution in [0.25, 0.3) is 0 Å². The van der Waals surface area contributed by atoms with Gasteiger partial charge in [0.25, 0.3) is 0 Å². The van der Waals surface area contributed by atoms with E-state index in [4.69, 9.17) is 4.74 Å². The molecule has 5 nitrogen and oxygen atoms in total. The molecule has 0 saturated heterocycles. The zero-order valence-corrected chi connectivity index (χ0v) is 13.1. The molecule has 1 saturated carbocycles. The topological polar surface area (TPSA) is 70.6 Å². The maximum atomic E-state index is 13.4. The summed E-state index contributed by atoms with van der Waals surface area (Å²) < 4.78 is 31.4. The number of halogens is 2. The van der Waals surface area contributed by atoms with Gasteiger partial charge in [0.1, 0.15) is 12.4 Å². The Kier molecular flexibility index (Phi) is 5.76. The molecule has 23 heavy (non-hydrogen) atoms. The first-order valence-electron chi connectivity index (χ1n) is 7.73. The van der Waals surface area contributed by atoms with Crippen molar-refractivity contribution in [1.29, 1.82) is 0 Å². The van der Waals surface area contributed by atoms with Gasteiger partial charge in [-0.3, -0.25) is 0 Å². The second-order valence-electron chi connectivity index (χ2n) is 6.05. The van der Waals surface area contributed by atoms with Crippen molar-refractivity contribution in [2.24, 2.45) is 0 Å². The van der Waals surface area contributed by atoms with Gasteiger partial charge < -0.3 is 20.5 Å². The van der Waals surface area contributed by atoms with Crippen molar-refractivity contribution < 1.29 is 23.4 Å². The molecule has 0 aliphatic heterocycles. The van der Waals surface area contributed by atoms with Crippen LogP contribution < -0.4 is 15.4 Å². The molecule has 2 amide bonds. The number of aliphatic hydroxyl groups is 1. The maximum absolute atomic E-state index is 13.4. The van der Waals surface area contributed by atoms with Gasteiger partial charge in [-0.25, -0.2) is 13.6 Å². The minimum atomic E-state index is -0.811. The van der Waals surface area contributed by atoms with Crippen molar-refractivity contribution in [3.63, 3.8) is 0 Å². The first-order valence-corrected chi connectivity index (χ1v) is 7.73. The smallest absolute Gasteiger partial charge is 0.315 e. The summed E-state index contributed by atoms with van der Waals surface area (Å²) in [5.74, 6) is -1.53. The molecule has 1 aromatic carbocycles. The fourth-order valence-corrected chi connectivity index (χ4v) is 2.58. The predicted molar refractivity (Wildman–Crippen MR) is 81.3 cm³/mol. The summed E-state index contributed by atoms with van der Waals surface area (Å²) in [6.45, 7) is 1.95. The minimum Gasteiger partial charge on any atom is -0.488 e. The molecule has 1 aliphatic carbocycles. The highest BCUT2D eigenvalue weighted by Gasteiger charge is 2.31. The number of urea groups is 1. The van der Waals surface area contributed by atoms with Crippen molar-refractivity contribution in [2.45, 2.75) is 44.2 Å². The molecule has 0 heterocycles. The van der Waals surface area contributed by atoms with Gasteiger partial charge >= 0.3 is 6.03 Å². The van der Waals surface area contributed by atoms with Crippen molar-refractivity contribution in [1.82, 2.24) is 10.6 Å². The summed E-state index contributed by atoms with van der Waals surface area (Å²) in [5, 5.41) is 15.4. The van der Waals surface area contributed by atoms with Crippen LogP contribution >= 0.6 is 0 Å². The fourth-order valence-electron chi connectivity index (χ4n) is 2.58. The molecule has 0 aromatic heterocycles. The molecule has 0 spiro atoms. The number of rotatable bonds is 6. The van der Waals surface area contributed by atoms with Crippen LogP contribution in [0.15, 0.2) is 18.2 Å². The lowest BCUT2D eigenvalue weighted by Gasteiger charge is -2.23. The zero-order chi connectivity index (χ0) is 16.9. The van der Waals surface area contributed by atoms with Crippen molar-refractivity contribution in [3.8, 4) is 5.75 Å². The van der Waals surface area contributed by atoms with Gasteiger partial charge in [0, 0.05) is 12.6 Å². The van der Waals surface area contributed by atoms with E-state index in [9.17, 15) is 18.7 Å². The average Bonchev–Trinajstić information content (AvgIpc) is 2.92. The second kappa shape index (κ2) is 7.59. The lowest BCUT2D eigenvalue weighted by atomic mass is 10.0. The van der Waals surface area contributed by atoms with Crippen LogP contribution in [0.1, 0.15) is 32.6 Å². The predicted octanol–water partition coefficient (Wildman–Crippen LogP) is 2.34. The molecule has 128 valence electrons. The lowest BCUT2D eigenvalue weighted by Crippen LogP contribution is -2.48. The van der Waals surface area contributed by atoms with Gasteiger partial charge in [-0.1, -0.05) is 12.8 Å². The third-order valence-corrected chi connectivity index (χ3v) is 3.87. The van der Waals surface area contributed by atoms with Crippen LogP contribution in [0.4, 0.5) is 13.6 Å². The van der Waals surface area contributed by atoms with Crippen LogP contribution in [0.5, 0.6) is 5.75 Å². The largest absolute Gasteiger partial charge is 0.488 e. The Bertz CT molecular complexity index is 548. The number of carbonyl (C=O) groups excluding carboxylic acids is 1. The summed E-state index contributed by atoms with van der Waals surface area (Å²) >= 11 is 0. The number of nitrogens with one attached hydrogen (secondary N) is 2. The first kappa shape index (κ1) is 17.5. The molecule has 3 N–H and O–H groups in total. The Balaban J connectivity index is 1.71. The van der Waals surface area contributed by atoms with Crippen molar-refractivity contribution in [2.75, 3.05) is 13.2 Å². The summed E-state index contributed by atoms with van der Waals surface area (Å²) in [6.07, 6.45) is 3.31. The molecule has 1 unspecified atom stereocenters. The van der Waals surface area contributed by atoms with E-state index in [1.54, 1.807) is 6.92 Å². The van der Waals surface area contributed by atoms with Gasteiger partial charge in [0.2, 0.25) is 0 Å². The van der Waals surface area contributed by atoms with E-state index in [1.165, 1.54) is 6.07 Å².